The Labute approximate surface area is 191 Å². The number of para-hydroxylation sites is 1. The summed E-state index contributed by atoms with van der Waals surface area (Å²) in [5.74, 6) is 1.01. The molecule has 0 aliphatic heterocycles. The van der Waals surface area contributed by atoms with E-state index < -0.39 is 0 Å². The third-order valence-electron chi connectivity index (χ3n) is 5.09. The maximum absolute atomic E-state index is 13.2. The molecule has 7 nitrogen and oxygen atoms in total. The first-order valence-electron chi connectivity index (χ1n) is 10.2. The lowest BCUT2D eigenvalue weighted by molar-refractivity contribution is 0.104. The second-order valence-corrected chi connectivity index (χ2v) is 7.05. The van der Waals surface area contributed by atoms with Crippen LogP contribution in [0.1, 0.15) is 15.9 Å². The van der Waals surface area contributed by atoms with Crippen molar-refractivity contribution in [2.24, 2.45) is 0 Å². The van der Waals surface area contributed by atoms with Crippen LogP contribution in [0.4, 0.5) is 0 Å². The summed E-state index contributed by atoms with van der Waals surface area (Å²) < 4.78 is 17.9. The fourth-order valence-corrected chi connectivity index (χ4v) is 3.45. The van der Waals surface area contributed by atoms with Gasteiger partial charge < -0.3 is 14.2 Å². The number of benzene rings is 2. The summed E-state index contributed by atoms with van der Waals surface area (Å²) in [5, 5.41) is 4.75. The van der Waals surface area contributed by atoms with Gasteiger partial charge in [-0.15, -0.1) is 0 Å². The molecule has 0 atom stereocenters. The number of hydrogen-bond donors (Lipinski definition) is 0. The number of allylic oxidation sites excluding steroid dienone is 1. The van der Waals surface area contributed by atoms with Gasteiger partial charge in [0, 0.05) is 41.9 Å². The standard InChI is InChI=1S/C26H23N3O4/c1-31-21-15-23(32-2)25(24(16-21)33-3)22(30)10-9-19-17-29(20-7-5-4-6-8-20)28-26(19)18-11-13-27-14-12-18/h4-17H,1-3H3/b10-9+. The summed E-state index contributed by atoms with van der Waals surface area (Å²) in [6, 6.07) is 16.8. The first kappa shape index (κ1) is 21.8. The summed E-state index contributed by atoms with van der Waals surface area (Å²) in [5.41, 5.74) is 3.64. The Hall–Kier alpha value is -4.39. The van der Waals surface area contributed by atoms with Crippen molar-refractivity contribution in [1.82, 2.24) is 14.8 Å². The van der Waals surface area contributed by atoms with E-state index in [0.717, 1.165) is 22.5 Å². The SMILES string of the molecule is COc1cc(OC)c(C(=O)/C=C/c2cn(-c3ccccc3)nc2-c2ccncc2)c(OC)c1. The van der Waals surface area contributed by atoms with Crippen molar-refractivity contribution in [1.29, 1.82) is 0 Å². The molecular formula is C26H23N3O4. The van der Waals surface area contributed by atoms with E-state index in [-0.39, 0.29) is 5.78 Å². The first-order chi connectivity index (χ1) is 16.1. The molecule has 0 radical (unpaired) electrons. The summed E-state index contributed by atoms with van der Waals surface area (Å²) in [6.45, 7) is 0. The molecule has 4 aromatic rings. The maximum Gasteiger partial charge on any atom is 0.193 e. The lowest BCUT2D eigenvalue weighted by Gasteiger charge is -2.13. The molecule has 0 unspecified atom stereocenters. The zero-order valence-electron chi connectivity index (χ0n) is 18.6. The molecule has 166 valence electrons. The van der Waals surface area contributed by atoms with Crippen LogP contribution >= 0.6 is 0 Å². The first-order valence-corrected chi connectivity index (χ1v) is 10.2. The zero-order chi connectivity index (χ0) is 23.2. The molecule has 7 heteroatoms. The molecule has 0 aliphatic carbocycles. The number of ketones is 1. The normalized spacial score (nSPS) is 10.9. The molecule has 4 rings (SSSR count). The highest BCUT2D eigenvalue weighted by Crippen LogP contribution is 2.35. The van der Waals surface area contributed by atoms with Crippen molar-refractivity contribution >= 4 is 11.9 Å². The van der Waals surface area contributed by atoms with Crippen molar-refractivity contribution in [3.8, 4) is 34.2 Å². The zero-order valence-corrected chi connectivity index (χ0v) is 18.6. The number of methoxy groups -OCH3 is 3. The van der Waals surface area contributed by atoms with Gasteiger partial charge in [0.1, 0.15) is 28.5 Å². The van der Waals surface area contributed by atoms with E-state index in [4.69, 9.17) is 19.3 Å². The average Bonchev–Trinajstić information content (AvgIpc) is 3.31. The van der Waals surface area contributed by atoms with Gasteiger partial charge >= 0.3 is 0 Å². The van der Waals surface area contributed by atoms with E-state index in [9.17, 15) is 4.79 Å². The van der Waals surface area contributed by atoms with E-state index in [1.54, 1.807) is 42.4 Å². The second-order valence-electron chi connectivity index (χ2n) is 7.05. The van der Waals surface area contributed by atoms with Crippen molar-refractivity contribution in [3.05, 3.63) is 90.4 Å². The minimum atomic E-state index is -0.264. The third kappa shape index (κ3) is 4.62. The Morgan fingerprint density at radius 2 is 1.58 bits per heavy atom. The number of rotatable bonds is 8. The van der Waals surface area contributed by atoms with Crippen molar-refractivity contribution in [3.63, 3.8) is 0 Å². The van der Waals surface area contributed by atoms with Gasteiger partial charge in [0.15, 0.2) is 5.78 Å². The Morgan fingerprint density at radius 1 is 0.909 bits per heavy atom. The highest BCUT2D eigenvalue weighted by Gasteiger charge is 2.19. The van der Waals surface area contributed by atoms with Crippen molar-refractivity contribution < 1.29 is 19.0 Å². The fraction of sp³-hybridized carbons (Fsp3) is 0.115. The summed E-state index contributed by atoms with van der Waals surface area (Å²) in [4.78, 5) is 17.3. The van der Waals surface area contributed by atoms with Crippen LogP contribution in [0.25, 0.3) is 23.0 Å². The monoisotopic (exact) mass is 441 g/mol. The van der Waals surface area contributed by atoms with E-state index >= 15 is 0 Å². The molecule has 33 heavy (non-hydrogen) atoms. The summed E-state index contributed by atoms with van der Waals surface area (Å²) in [7, 11) is 4.54. The van der Waals surface area contributed by atoms with Gasteiger partial charge in [0.05, 0.1) is 27.0 Å². The van der Waals surface area contributed by atoms with Crippen molar-refractivity contribution in [2.45, 2.75) is 0 Å². The predicted octanol–water partition coefficient (Wildman–Crippen LogP) is 4.86. The Balaban J connectivity index is 1.75. The lowest BCUT2D eigenvalue weighted by atomic mass is 10.0. The molecule has 0 amide bonds. The smallest absolute Gasteiger partial charge is 0.193 e. The maximum atomic E-state index is 13.2. The Bertz CT molecular complexity index is 1260. The molecule has 0 fully saturated rings. The largest absolute Gasteiger partial charge is 0.496 e. The molecule has 0 N–H and O–H groups in total. The van der Waals surface area contributed by atoms with Gasteiger partial charge in [-0.05, 0) is 36.4 Å². The number of hydrogen-bond acceptors (Lipinski definition) is 6. The van der Waals surface area contributed by atoms with Crippen molar-refractivity contribution in [2.75, 3.05) is 21.3 Å². The van der Waals surface area contributed by atoms with Crippen LogP contribution in [0.5, 0.6) is 17.2 Å². The van der Waals surface area contributed by atoms with Crippen LogP contribution in [-0.4, -0.2) is 41.9 Å². The molecule has 2 aromatic heterocycles. The summed E-state index contributed by atoms with van der Waals surface area (Å²) >= 11 is 0. The van der Waals surface area contributed by atoms with Crippen LogP contribution < -0.4 is 14.2 Å². The Morgan fingerprint density at radius 3 is 2.18 bits per heavy atom. The van der Waals surface area contributed by atoms with Gasteiger partial charge in [-0.1, -0.05) is 18.2 Å². The van der Waals surface area contributed by atoms with Crippen LogP contribution in [0.3, 0.4) is 0 Å². The minimum absolute atomic E-state index is 0.264. The number of pyridine rings is 1. The quantitative estimate of drug-likeness (QED) is 0.287. The Kier molecular flexibility index (Phi) is 6.50. The number of nitrogens with zero attached hydrogens (tertiary/aromatic N) is 3. The molecule has 2 aromatic carbocycles. The van der Waals surface area contributed by atoms with Gasteiger partial charge in [-0.3, -0.25) is 9.78 Å². The topological polar surface area (TPSA) is 75.5 Å². The van der Waals surface area contributed by atoms with E-state index in [1.165, 1.54) is 20.3 Å². The minimum Gasteiger partial charge on any atom is -0.496 e. The fourth-order valence-electron chi connectivity index (χ4n) is 3.45. The van der Waals surface area contributed by atoms with Gasteiger partial charge in [-0.2, -0.15) is 5.10 Å². The number of carbonyl (C=O) groups is 1. The summed E-state index contributed by atoms with van der Waals surface area (Å²) in [6.07, 6.45) is 8.54. The second kappa shape index (κ2) is 9.82. The molecule has 2 heterocycles. The van der Waals surface area contributed by atoms with Gasteiger partial charge in [0.2, 0.25) is 0 Å². The van der Waals surface area contributed by atoms with Crippen LogP contribution in [-0.2, 0) is 0 Å². The average molecular weight is 441 g/mol. The molecule has 0 spiro atoms. The number of carbonyl (C=O) groups excluding carboxylic acids is 1. The highest BCUT2D eigenvalue weighted by molar-refractivity contribution is 6.11. The molecule has 0 bridgehead atoms. The lowest BCUT2D eigenvalue weighted by Crippen LogP contribution is -2.03. The van der Waals surface area contributed by atoms with Crippen LogP contribution in [0, 0.1) is 0 Å². The van der Waals surface area contributed by atoms with Gasteiger partial charge in [0.25, 0.3) is 0 Å². The molecule has 0 aliphatic rings. The number of ether oxygens (including phenoxy) is 3. The number of aromatic nitrogens is 3. The predicted molar refractivity (Wildman–Crippen MR) is 126 cm³/mol. The molecule has 0 saturated carbocycles. The highest BCUT2D eigenvalue weighted by atomic mass is 16.5. The molecule has 0 saturated heterocycles. The van der Waals surface area contributed by atoms with Gasteiger partial charge in [-0.25, -0.2) is 4.68 Å². The van der Waals surface area contributed by atoms with E-state index in [2.05, 4.69) is 4.98 Å². The van der Waals surface area contributed by atoms with Crippen LogP contribution in [0.15, 0.2) is 79.3 Å². The van der Waals surface area contributed by atoms with E-state index in [0.29, 0.717) is 22.8 Å². The third-order valence-corrected chi connectivity index (χ3v) is 5.09. The van der Waals surface area contributed by atoms with Crippen LogP contribution in [0.2, 0.25) is 0 Å². The van der Waals surface area contributed by atoms with E-state index in [1.807, 2.05) is 48.7 Å². The molecular weight excluding hydrogens is 418 g/mol.